The third-order valence-electron chi connectivity index (χ3n) is 2.35. The van der Waals surface area contributed by atoms with Crippen molar-refractivity contribution in [1.29, 1.82) is 0 Å². The molecule has 1 aromatic heterocycles. The zero-order chi connectivity index (χ0) is 10.1. The van der Waals surface area contributed by atoms with Crippen LogP contribution in [0.15, 0.2) is 12.4 Å². The number of hydrogen-bond donors (Lipinski definition) is 2. The van der Waals surface area contributed by atoms with Crippen LogP contribution in [0.1, 0.15) is 19.0 Å². The highest BCUT2D eigenvalue weighted by Gasteiger charge is 2.32. The number of aromatic nitrogens is 2. The van der Waals surface area contributed by atoms with E-state index >= 15 is 0 Å². The Morgan fingerprint density at radius 2 is 2.29 bits per heavy atom. The summed E-state index contributed by atoms with van der Waals surface area (Å²) < 4.78 is 0. The van der Waals surface area contributed by atoms with E-state index in [9.17, 15) is 0 Å². The molecule has 5 heteroatoms. The molecular weight excluding hydrogens is 196 g/mol. The van der Waals surface area contributed by atoms with Crippen molar-refractivity contribution >= 4 is 23.0 Å². The first-order chi connectivity index (χ1) is 6.66. The zero-order valence-electron chi connectivity index (χ0n) is 7.90. The number of nitrogens with two attached hydrogens (primary N) is 1. The number of nitrogens with one attached hydrogen (secondary N) is 1. The van der Waals surface area contributed by atoms with Crippen molar-refractivity contribution in [1.82, 2.24) is 9.97 Å². The van der Waals surface area contributed by atoms with Crippen molar-refractivity contribution < 1.29 is 0 Å². The number of rotatable bonds is 3. The highest BCUT2D eigenvalue weighted by Crippen LogP contribution is 2.31. The van der Waals surface area contributed by atoms with Crippen molar-refractivity contribution in [3.63, 3.8) is 0 Å². The Balaban J connectivity index is 2.02. The van der Waals surface area contributed by atoms with Gasteiger partial charge < -0.3 is 11.1 Å². The van der Waals surface area contributed by atoms with Crippen LogP contribution in [-0.2, 0) is 0 Å². The molecule has 1 aromatic rings. The summed E-state index contributed by atoms with van der Waals surface area (Å²) in [6.45, 7) is 2.20. The predicted octanol–water partition coefficient (Wildman–Crippen LogP) is 0.931. The van der Waals surface area contributed by atoms with Gasteiger partial charge in [0.25, 0.3) is 0 Å². The Hall–Kier alpha value is -1.23. The summed E-state index contributed by atoms with van der Waals surface area (Å²) in [5, 5.41) is 3.27. The Kier molecular flexibility index (Phi) is 2.33. The maximum atomic E-state index is 5.41. The molecule has 2 rings (SSSR count). The molecule has 14 heavy (non-hydrogen) atoms. The molecule has 1 aliphatic rings. The summed E-state index contributed by atoms with van der Waals surface area (Å²) >= 11 is 4.78. The van der Waals surface area contributed by atoms with Gasteiger partial charge in [0, 0.05) is 6.04 Å². The van der Waals surface area contributed by atoms with Crippen molar-refractivity contribution in [2.24, 2.45) is 11.7 Å². The van der Waals surface area contributed by atoms with Gasteiger partial charge in [-0.25, -0.2) is 9.97 Å². The van der Waals surface area contributed by atoms with Crippen LogP contribution in [0.25, 0.3) is 0 Å². The summed E-state index contributed by atoms with van der Waals surface area (Å²) in [7, 11) is 0. The van der Waals surface area contributed by atoms with Crippen LogP contribution in [0.5, 0.6) is 0 Å². The molecular formula is C9H12N4S. The number of nitrogens with zero attached hydrogens (tertiary/aromatic N) is 2. The third kappa shape index (κ3) is 1.98. The molecule has 0 saturated heterocycles. The van der Waals surface area contributed by atoms with Crippen LogP contribution in [0.4, 0.5) is 5.82 Å². The standard InChI is InChI=1S/C9H12N4S/c1-5-2-6(5)13-8-4-11-7(3-12-8)9(10)14/h3-6H,2H2,1H3,(H2,10,14)(H,12,13). The van der Waals surface area contributed by atoms with Gasteiger partial charge in [0.15, 0.2) is 0 Å². The Morgan fingerprint density at radius 1 is 1.57 bits per heavy atom. The molecule has 74 valence electrons. The lowest BCUT2D eigenvalue weighted by Crippen LogP contribution is -2.13. The van der Waals surface area contributed by atoms with Gasteiger partial charge in [-0.15, -0.1) is 0 Å². The van der Waals surface area contributed by atoms with Gasteiger partial charge in [0.05, 0.1) is 12.4 Å². The second kappa shape index (κ2) is 3.49. The monoisotopic (exact) mass is 208 g/mol. The molecule has 4 nitrogen and oxygen atoms in total. The van der Waals surface area contributed by atoms with E-state index in [0.717, 1.165) is 11.7 Å². The molecule has 0 bridgehead atoms. The summed E-state index contributed by atoms with van der Waals surface area (Å²) in [6, 6.07) is 0.556. The first kappa shape index (κ1) is 9.33. The molecule has 1 fully saturated rings. The fraction of sp³-hybridized carbons (Fsp3) is 0.444. The van der Waals surface area contributed by atoms with Crippen molar-refractivity contribution in [2.75, 3.05) is 5.32 Å². The maximum absolute atomic E-state index is 5.41. The van der Waals surface area contributed by atoms with E-state index in [2.05, 4.69) is 22.2 Å². The summed E-state index contributed by atoms with van der Waals surface area (Å²) in [5.74, 6) is 1.53. The molecule has 1 aliphatic carbocycles. The van der Waals surface area contributed by atoms with Crippen LogP contribution < -0.4 is 11.1 Å². The average Bonchev–Trinajstić information content (AvgIpc) is 2.82. The van der Waals surface area contributed by atoms with Crippen molar-refractivity contribution in [2.45, 2.75) is 19.4 Å². The summed E-state index contributed by atoms with van der Waals surface area (Å²) in [5.41, 5.74) is 5.97. The lowest BCUT2D eigenvalue weighted by atomic mass is 10.4. The number of anilines is 1. The molecule has 0 radical (unpaired) electrons. The Bertz CT molecular complexity index is 348. The highest BCUT2D eigenvalue weighted by molar-refractivity contribution is 7.80. The molecule has 3 N–H and O–H groups in total. The van der Waals surface area contributed by atoms with E-state index in [1.165, 1.54) is 6.42 Å². The third-order valence-corrected chi connectivity index (χ3v) is 2.56. The Labute approximate surface area is 87.9 Å². The molecule has 1 saturated carbocycles. The first-order valence-corrected chi connectivity index (χ1v) is 4.96. The predicted molar refractivity (Wildman–Crippen MR) is 59.1 cm³/mol. The van der Waals surface area contributed by atoms with Gasteiger partial charge in [-0.3, -0.25) is 0 Å². The van der Waals surface area contributed by atoms with E-state index in [0.29, 0.717) is 11.7 Å². The minimum atomic E-state index is 0.281. The molecule has 0 aliphatic heterocycles. The Morgan fingerprint density at radius 3 is 2.71 bits per heavy atom. The second-order valence-electron chi connectivity index (χ2n) is 3.61. The summed E-state index contributed by atoms with van der Waals surface area (Å²) in [6.07, 6.45) is 4.47. The smallest absolute Gasteiger partial charge is 0.144 e. The molecule has 0 spiro atoms. The van der Waals surface area contributed by atoms with Gasteiger partial charge in [-0.2, -0.15) is 0 Å². The van der Waals surface area contributed by atoms with E-state index < -0.39 is 0 Å². The van der Waals surface area contributed by atoms with Gasteiger partial charge in [0.2, 0.25) is 0 Å². The first-order valence-electron chi connectivity index (χ1n) is 4.55. The molecule has 0 amide bonds. The van der Waals surface area contributed by atoms with Crippen LogP contribution in [0, 0.1) is 5.92 Å². The van der Waals surface area contributed by atoms with Gasteiger partial charge >= 0.3 is 0 Å². The van der Waals surface area contributed by atoms with E-state index in [1.807, 2.05) is 0 Å². The SMILES string of the molecule is CC1CC1Nc1cnc(C(N)=S)cn1. The van der Waals surface area contributed by atoms with E-state index in [4.69, 9.17) is 18.0 Å². The fourth-order valence-electron chi connectivity index (χ4n) is 1.24. The molecule has 2 unspecified atom stereocenters. The largest absolute Gasteiger partial charge is 0.388 e. The highest BCUT2D eigenvalue weighted by atomic mass is 32.1. The van der Waals surface area contributed by atoms with Crippen molar-refractivity contribution in [3.05, 3.63) is 18.1 Å². The lowest BCUT2D eigenvalue weighted by Gasteiger charge is -2.03. The van der Waals surface area contributed by atoms with Gasteiger partial charge in [-0.1, -0.05) is 19.1 Å². The minimum absolute atomic E-state index is 0.281. The molecule has 0 aromatic carbocycles. The topological polar surface area (TPSA) is 63.8 Å². The molecule has 1 heterocycles. The minimum Gasteiger partial charge on any atom is -0.388 e. The maximum Gasteiger partial charge on any atom is 0.144 e. The van der Waals surface area contributed by atoms with E-state index in [-0.39, 0.29) is 4.99 Å². The lowest BCUT2D eigenvalue weighted by molar-refractivity contribution is 0.921. The second-order valence-corrected chi connectivity index (χ2v) is 4.05. The van der Waals surface area contributed by atoms with Crippen LogP contribution in [0.2, 0.25) is 0 Å². The normalized spacial score (nSPS) is 24.4. The van der Waals surface area contributed by atoms with Crippen LogP contribution >= 0.6 is 12.2 Å². The number of thiocarbonyl (C=S) groups is 1. The fourth-order valence-corrected chi connectivity index (χ4v) is 1.35. The van der Waals surface area contributed by atoms with Gasteiger partial charge in [0.1, 0.15) is 16.5 Å². The van der Waals surface area contributed by atoms with Gasteiger partial charge in [-0.05, 0) is 12.3 Å². The van der Waals surface area contributed by atoms with E-state index in [1.54, 1.807) is 12.4 Å². The summed E-state index contributed by atoms with van der Waals surface area (Å²) in [4.78, 5) is 8.55. The van der Waals surface area contributed by atoms with Crippen LogP contribution in [-0.4, -0.2) is 21.0 Å². The molecule has 2 atom stereocenters. The zero-order valence-corrected chi connectivity index (χ0v) is 8.71. The van der Waals surface area contributed by atoms with Crippen LogP contribution in [0.3, 0.4) is 0 Å². The van der Waals surface area contributed by atoms with Crippen molar-refractivity contribution in [3.8, 4) is 0 Å². The number of hydrogen-bond acceptors (Lipinski definition) is 4. The average molecular weight is 208 g/mol. The quantitative estimate of drug-likeness (QED) is 0.723.